The largest absolute Gasteiger partial charge is 0.481 e. The smallest absolute Gasteiger partial charge is 0.287 e. The van der Waals surface area contributed by atoms with Gasteiger partial charge in [0.1, 0.15) is 5.02 Å². The van der Waals surface area contributed by atoms with Crippen molar-refractivity contribution in [2.75, 3.05) is 30.0 Å². The molecule has 2 aromatic rings. The van der Waals surface area contributed by atoms with Crippen molar-refractivity contribution >= 4 is 23.2 Å². The van der Waals surface area contributed by atoms with Crippen LogP contribution in [-0.4, -0.2) is 52.0 Å². The molecule has 0 amide bonds. The highest BCUT2D eigenvalue weighted by molar-refractivity contribution is 6.33. The van der Waals surface area contributed by atoms with Crippen LogP contribution in [0, 0.1) is 0 Å². The number of piperidine rings is 1. The normalized spacial score (nSPS) is 22.3. The van der Waals surface area contributed by atoms with Gasteiger partial charge in [-0.15, -0.1) is 0 Å². The Bertz CT molecular complexity index is 829. The molecule has 2 atom stereocenters. The SMILES string of the molecule is COc1ccnc(N2C3CC2CN(c2cnn(C)c(=O)c2Cl)C3)n1. The van der Waals surface area contributed by atoms with Crippen molar-refractivity contribution in [2.45, 2.75) is 18.5 Å². The highest BCUT2D eigenvalue weighted by Gasteiger charge is 2.46. The lowest BCUT2D eigenvalue weighted by Crippen LogP contribution is -2.69. The predicted molar refractivity (Wildman–Crippen MR) is 90.0 cm³/mol. The van der Waals surface area contributed by atoms with Crippen molar-refractivity contribution in [3.63, 3.8) is 0 Å². The van der Waals surface area contributed by atoms with Gasteiger partial charge >= 0.3 is 0 Å². The van der Waals surface area contributed by atoms with Crippen LogP contribution in [0.2, 0.25) is 5.02 Å². The van der Waals surface area contributed by atoms with E-state index in [-0.39, 0.29) is 22.7 Å². The van der Waals surface area contributed by atoms with Crippen LogP contribution in [-0.2, 0) is 7.05 Å². The van der Waals surface area contributed by atoms with Crippen LogP contribution in [0.25, 0.3) is 0 Å². The number of ether oxygens (including phenoxy) is 1. The average Bonchev–Trinajstić information content (AvgIpc) is 2.60. The monoisotopic (exact) mass is 348 g/mol. The first-order valence-electron chi connectivity index (χ1n) is 7.70. The highest BCUT2D eigenvalue weighted by atomic mass is 35.5. The zero-order valence-electron chi connectivity index (χ0n) is 13.4. The first kappa shape index (κ1) is 15.2. The van der Waals surface area contributed by atoms with Gasteiger partial charge in [-0.2, -0.15) is 10.1 Å². The second kappa shape index (κ2) is 5.62. The summed E-state index contributed by atoms with van der Waals surface area (Å²) in [4.78, 5) is 25.1. The van der Waals surface area contributed by atoms with Gasteiger partial charge < -0.3 is 14.5 Å². The van der Waals surface area contributed by atoms with Crippen LogP contribution in [0.3, 0.4) is 0 Å². The molecule has 5 heterocycles. The molecule has 0 aromatic carbocycles. The van der Waals surface area contributed by atoms with E-state index in [1.165, 1.54) is 4.68 Å². The number of hydrogen-bond donors (Lipinski definition) is 0. The fourth-order valence-electron chi connectivity index (χ4n) is 3.43. The first-order chi connectivity index (χ1) is 11.6. The Morgan fingerprint density at radius 1 is 1.33 bits per heavy atom. The van der Waals surface area contributed by atoms with E-state index in [4.69, 9.17) is 16.3 Å². The number of nitrogens with zero attached hydrogens (tertiary/aromatic N) is 6. The lowest BCUT2D eigenvalue weighted by Gasteiger charge is -2.56. The van der Waals surface area contributed by atoms with Crippen LogP contribution in [0.5, 0.6) is 5.88 Å². The standard InChI is InChI=1S/C15H17ClN6O2/c1-20-14(23)13(16)11(6-18-20)21-7-9-5-10(8-21)22(9)15-17-4-3-12(19-15)24-2/h3-4,6,9-10H,5,7-8H2,1-2H3. The van der Waals surface area contributed by atoms with Crippen LogP contribution in [0.4, 0.5) is 11.6 Å². The fourth-order valence-corrected chi connectivity index (χ4v) is 3.72. The molecule has 3 aliphatic rings. The minimum Gasteiger partial charge on any atom is -0.481 e. The van der Waals surface area contributed by atoms with Gasteiger partial charge in [-0.3, -0.25) is 4.79 Å². The van der Waals surface area contributed by atoms with E-state index in [0.717, 1.165) is 19.5 Å². The van der Waals surface area contributed by atoms with Gasteiger partial charge in [-0.25, -0.2) is 9.67 Å². The molecule has 24 heavy (non-hydrogen) atoms. The molecule has 5 rings (SSSR count). The summed E-state index contributed by atoms with van der Waals surface area (Å²) >= 11 is 6.22. The number of aryl methyl sites for hydroxylation is 1. The van der Waals surface area contributed by atoms with E-state index in [2.05, 4.69) is 24.9 Å². The van der Waals surface area contributed by atoms with Crippen LogP contribution < -0.4 is 20.1 Å². The third-order valence-corrected chi connectivity index (χ3v) is 5.01. The molecule has 8 nitrogen and oxygen atoms in total. The molecular weight excluding hydrogens is 332 g/mol. The summed E-state index contributed by atoms with van der Waals surface area (Å²) in [5, 5.41) is 4.30. The second-order valence-electron chi connectivity index (χ2n) is 6.03. The third-order valence-electron chi connectivity index (χ3n) is 4.65. The molecule has 2 unspecified atom stereocenters. The van der Waals surface area contributed by atoms with E-state index in [9.17, 15) is 4.79 Å². The average molecular weight is 349 g/mol. The van der Waals surface area contributed by atoms with Crippen molar-refractivity contribution in [2.24, 2.45) is 7.05 Å². The maximum absolute atomic E-state index is 12.0. The topological polar surface area (TPSA) is 76.4 Å². The Morgan fingerprint density at radius 3 is 2.79 bits per heavy atom. The molecule has 3 fully saturated rings. The number of piperazine rings is 1. The maximum atomic E-state index is 12.0. The Morgan fingerprint density at radius 2 is 2.08 bits per heavy atom. The van der Waals surface area contributed by atoms with Crippen LogP contribution in [0.15, 0.2) is 23.3 Å². The number of halogens is 1. The predicted octanol–water partition coefficient (Wildman–Crippen LogP) is 0.700. The molecule has 0 saturated carbocycles. The van der Waals surface area contributed by atoms with E-state index in [0.29, 0.717) is 17.5 Å². The van der Waals surface area contributed by atoms with E-state index in [1.807, 2.05) is 0 Å². The summed E-state index contributed by atoms with van der Waals surface area (Å²) in [7, 11) is 3.18. The molecule has 0 N–H and O–H groups in total. The first-order valence-corrected chi connectivity index (χ1v) is 8.08. The van der Waals surface area contributed by atoms with E-state index >= 15 is 0 Å². The molecule has 3 aliphatic heterocycles. The van der Waals surface area contributed by atoms with Crippen molar-refractivity contribution in [1.82, 2.24) is 19.7 Å². The van der Waals surface area contributed by atoms with Gasteiger partial charge in [0.05, 0.1) is 31.1 Å². The van der Waals surface area contributed by atoms with Gasteiger partial charge in [0.25, 0.3) is 5.56 Å². The number of hydrogen-bond acceptors (Lipinski definition) is 7. The number of fused-ring (bicyclic) bond motifs is 2. The quantitative estimate of drug-likeness (QED) is 0.808. The number of methoxy groups -OCH3 is 1. The Balaban J connectivity index is 1.57. The maximum Gasteiger partial charge on any atom is 0.287 e. The molecule has 0 radical (unpaired) electrons. The van der Waals surface area contributed by atoms with Crippen LogP contribution in [0.1, 0.15) is 6.42 Å². The van der Waals surface area contributed by atoms with Gasteiger partial charge in [0, 0.05) is 32.4 Å². The lowest BCUT2D eigenvalue weighted by atomic mass is 9.87. The van der Waals surface area contributed by atoms with E-state index in [1.54, 1.807) is 32.6 Å². The number of rotatable bonds is 3. The minimum absolute atomic E-state index is 0.220. The Hall–Kier alpha value is -2.35. The summed E-state index contributed by atoms with van der Waals surface area (Å²) in [6.07, 6.45) is 4.43. The minimum atomic E-state index is -0.276. The molecule has 2 bridgehead atoms. The zero-order chi connectivity index (χ0) is 16.8. The van der Waals surface area contributed by atoms with Crippen molar-refractivity contribution in [1.29, 1.82) is 0 Å². The van der Waals surface area contributed by atoms with Crippen LogP contribution >= 0.6 is 11.6 Å². The molecule has 2 aromatic heterocycles. The van der Waals surface area contributed by atoms with Gasteiger partial charge in [-0.1, -0.05) is 11.6 Å². The summed E-state index contributed by atoms with van der Waals surface area (Å²) in [6, 6.07) is 2.31. The zero-order valence-corrected chi connectivity index (χ0v) is 14.1. The molecule has 9 heteroatoms. The molecule has 3 saturated heterocycles. The highest BCUT2D eigenvalue weighted by Crippen LogP contribution is 2.38. The molecule has 0 aliphatic carbocycles. The fraction of sp³-hybridized carbons (Fsp3) is 0.467. The van der Waals surface area contributed by atoms with Crippen molar-refractivity contribution < 1.29 is 4.74 Å². The third kappa shape index (κ3) is 2.29. The molecule has 126 valence electrons. The molecule has 0 spiro atoms. The second-order valence-corrected chi connectivity index (χ2v) is 6.41. The van der Waals surface area contributed by atoms with Gasteiger partial charge in [0.15, 0.2) is 0 Å². The van der Waals surface area contributed by atoms with Crippen molar-refractivity contribution in [3.05, 3.63) is 33.8 Å². The summed E-state index contributed by atoms with van der Waals surface area (Å²) < 4.78 is 6.42. The lowest BCUT2D eigenvalue weighted by molar-refractivity contribution is 0.284. The van der Waals surface area contributed by atoms with E-state index < -0.39 is 0 Å². The summed E-state index contributed by atoms with van der Waals surface area (Å²) in [6.45, 7) is 1.51. The Kier molecular flexibility index (Phi) is 3.56. The summed E-state index contributed by atoms with van der Waals surface area (Å²) in [5.74, 6) is 1.24. The number of aromatic nitrogens is 4. The number of anilines is 2. The van der Waals surface area contributed by atoms with Gasteiger partial charge in [-0.05, 0) is 6.42 Å². The molecular formula is C15H17ClN6O2. The van der Waals surface area contributed by atoms with Gasteiger partial charge in [0.2, 0.25) is 11.8 Å². The Labute approximate surface area is 143 Å². The summed E-state index contributed by atoms with van der Waals surface area (Å²) in [5.41, 5.74) is 0.419. The van der Waals surface area contributed by atoms with Crippen molar-refractivity contribution in [3.8, 4) is 5.88 Å².